The first-order valence-corrected chi connectivity index (χ1v) is 7.05. The average Bonchev–Trinajstić information content (AvgIpc) is 2.45. The van der Waals surface area contributed by atoms with Crippen molar-refractivity contribution in [3.63, 3.8) is 0 Å². The number of carbonyl (C=O) groups is 1. The van der Waals surface area contributed by atoms with Crippen molar-refractivity contribution in [2.24, 2.45) is 0 Å². The fourth-order valence-electron chi connectivity index (χ4n) is 2.38. The molecule has 1 fully saturated rings. The quantitative estimate of drug-likeness (QED) is 0.837. The number of aromatic nitrogens is 1. The van der Waals surface area contributed by atoms with Gasteiger partial charge in [0.1, 0.15) is 5.69 Å². The maximum Gasteiger partial charge on any atom is 0.272 e. The van der Waals surface area contributed by atoms with Crippen LogP contribution in [0.2, 0.25) is 0 Å². The van der Waals surface area contributed by atoms with Crippen molar-refractivity contribution in [3.05, 3.63) is 29.6 Å². The molecule has 0 aromatic carbocycles. The van der Waals surface area contributed by atoms with Crippen LogP contribution in [0.25, 0.3) is 0 Å². The molecule has 4 nitrogen and oxygen atoms in total. The third kappa shape index (κ3) is 3.77. The van der Waals surface area contributed by atoms with Crippen molar-refractivity contribution in [3.8, 4) is 0 Å². The Kier molecular flexibility index (Phi) is 4.91. The molecule has 0 aliphatic carbocycles. The molecular weight excluding hydrogens is 240 g/mol. The van der Waals surface area contributed by atoms with Gasteiger partial charge < -0.3 is 9.64 Å². The molecule has 1 saturated heterocycles. The number of aryl methyl sites for hydroxylation is 1. The maximum absolute atomic E-state index is 12.4. The topological polar surface area (TPSA) is 42.4 Å². The summed E-state index contributed by atoms with van der Waals surface area (Å²) >= 11 is 0. The van der Waals surface area contributed by atoms with Crippen molar-refractivity contribution in [1.29, 1.82) is 0 Å². The molecule has 0 bridgehead atoms. The van der Waals surface area contributed by atoms with Crippen LogP contribution in [0.15, 0.2) is 18.2 Å². The summed E-state index contributed by atoms with van der Waals surface area (Å²) in [5.41, 5.74) is 1.40. The highest BCUT2D eigenvalue weighted by molar-refractivity contribution is 5.92. The van der Waals surface area contributed by atoms with Crippen LogP contribution in [0, 0.1) is 6.92 Å². The second kappa shape index (κ2) is 6.66. The van der Waals surface area contributed by atoms with E-state index in [9.17, 15) is 4.79 Å². The number of pyridine rings is 1. The largest absolute Gasteiger partial charge is 0.376 e. The van der Waals surface area contributed by atoms with E-state index < -0.39 is 0 Å². The first-order chi connectivity index (χ1) is 9.20. The molecule has 1 aromatic heterocycles. The molecule has 0 radical (unpaired) electrons. The third-order valence-electron chi connectivity index (χ3n) is 3.47. The number of hydrogen-bond donors (Lipinski definition) is 0. The van der Waals surface area contributed by atoms with Crippen molar-refractivity contribution in [1.82, 2.24) is 9.88 Å². The Morgan fingerprint density at radius 3 is 2.95 bits per heavy atom. The lowest BCUT2D eigenvalue weighted by molar-refractivity contribution is -0.00323. The summed E-state index contributed by atoms with van der Waals surface area (Å²) in [5.74, 6) is 0.000346. The molecule has 1 atom stereocenters. The number of likely N-dealkylation sites (N-methyl/N-ethyl adjacent to an activating group) is 1. The van der Waals surface area contributed by atoms with E-state index in [-0.39, 0.29) is 12.0 Å². The van der Waals surface area contributed by atoms with Gasteiger partial charge in [-0.3, -0.25) is 4.79 Å². The van der Waals surface area contributed by atoms with Gasteiger partial charge in [-0.25, -0.2) is 4.98 Å². The standard InChI is InChI=1S/C15H22N2O2/c1-3-17(11-13-8-4-5-10-19-13)15(18)14-9-6-7-12(2)16-14/h6-7,9,13H,3-5,8,10-11H2,1-2H3. The van der Waals surface area contributed by atoms with Gasteiger partial charge in [0.05, 0.1) is 6.10 Å². The summed E-state index contributed by atoms with van der Waals surface area (Å²) < 4.78 is 5.71. The van der Waals surface area contributed by atoms with Gasteiger partial charge in [0.25, 0.3) is 5.91 Å². The van der Waals surface area contributed by atoms with Crippen LogP contribution >= 0.6 is 0 Å². The molecule has 1 aromatic rings. The summed E-state index contributed by atoms with van der Waals surface area (Å²) in [4.78, 5) is 18.5. The summed E-state index contributed by atoms with van der Waals surface area (Å²) in [5, 5.41) is 0. The molecule has 0 N–H and O–H groups in total. The normalized spacial score (nSPS) is 19.2. The Hall–Kier alpha value is -1.42. The summed E-state index contributed by atoms with van der Waals surface area (Å²) in [6, 6.07) is 5.55. The molecule has 1 amide bonds. The fraction of sp³-hybridized carbons (Fsp3) is 0.600. The Bertz CT molecular complexity index is 428. The molecule has 1 aliphatic rings. The Morgan fingerprint density at radius 1 is 1.47 bits per heavy atom. The number of ether oxygens (including phenoxy) is 1. The average molecular weight is 262 g/mol. The minimum Gasteiger partial charge on any atom is -0.376 e. The minimum atomic E-state index is 0.000346. The summed E-state index contributed by atoms with van der Waals surface area (Å²) in [6.07, 6.45) is 3.56. The summed E-state index contributed by atoms with van der Waals surface area (Å²) in [7, 11) is 0. The van der Waals surface area contributed by atoms with Gasteiger partial charge in [-0.15, -0.1) is 0 Å². The smallest absolute Gasteiger partial charge is 0.272 e. The zero-order valence-corrected chi connectivity index (χ0v) is 11.8. The lowest BCUT2D eigenvalue weighted by atomic mass is 10.1. The van der Waals surface area contributed by atoms with Gasteiger partial charge in [-0.2, -0.15) is 0 Å². The van der Waals surface area contributed by atoms with Gasteiger partial charge >= 0.3 is 0 Å². The maximum atomic E-state index is 12.4. The highest BCUT2D eigenvalue weighted by atomic mass is 16.5. The van der Waals surface area contributed by atoms with Crippen LogP contribution in [-0.4, -0.2) is 41.6 Å². The molecule has 104 valence electrons. The van der Waals surface area contributed by atoms with E-state index in [2.05, 4.69) is 4.98 Å². The van der Waals surface area contributed by atoms with E-state index in [0.29, 0.717) is 18.8 Å². The molecule has 0 saturated carbocycles. The van der Waals surface area contributed by atoms with Crippen LogP contribution in [0.3, 0.4) is 0 Å². The van der Waals surface area contributed by atoms with E-state index in [1.165, 1.54) is 6.42 Å². The van der Waals surface area contributed by atoms with E-state index in [0.717, 1.165) is 25.1 Å². The van der Waals surface area contributed by atoms with Gasteiger partial charge in [-0.1, -0.05) is 6.07 Å². The number of amides is 1. The minimum absolute atomic E-state index is 0.000346. The predicted octanol–water partition coefficient (Wildman–Crippen LogP) is 2.42. The highest BCUT2D eigenvalue weighted by Gasteiger charge is 2.21. The summed E-state index contributed by atoms with van der Waals surface area (Å²) in [6.45, 7) is 6.08. The second-order valence-corrected chi connectivity index (χ2v) is 5.00. The molecule has 2 heterocycles. The Morgan fingerprint density at radius 2 is 2.32 bits per heavy atom. The van der Waals surface area contributed by atoms with Gasteiger partial charge in [0.2, 0.25) is 0 Å². The van der Waals surface area contributed by atoms with Crippen molar-refractivity contribution in [2.45, 2.75) is 39.2 Å². The first kappa shape index (κ1) is 14.0. The molecule has 1 unspecified atom stereocenters. The van der Waals surface area contributed by atoms with Gasteiger partial charge in [0.15, 0.2) is 0 Å². The monoisotopic (exact) mass is 262 g/mol. The molecule has 19 heavy (non-hydrogen) atoms. The van der Waals surface area contributed by atoms with E-state index in [1.807, 2.05) is 30.9 Å². The van der Waals surface area contributed by atoms with Crippen molar-refractivity contribution < 1.29 is 9.53 Å². The molecule has 2 rings (SSSR count). The third-order valence-corrected chi connectivity index (χ3v) is 3.47. The molecule has 1 aliphatic heterocycles. The second-order valence-electron chi connectivity index (χ2n) is 5.00. The van der Waals surface area contributed by atoms with Crippen molar-refractivity contribution >= 4 is 5.91 Å². The first-order valence-electron chi connectivity index (χ1n) is 7.05. The Labute approximate surface area is 114 Å². The molecule has 0 spiro atoms. The molecular formula is C15H22N2O2. The van der Waals surface area contributed by atoms with E-state index in [4.69, 9.17) is 4.74 Å². The lowest BCUT2D eigenvalue weighted by Crippen LogP contribution is -2.40. The zero-order valence-electron chi connectivity index (χ0n) is 11.8. The van der Waals surface area contributed by atoms with E-state index in [1.54, 1.807) is 6.07 Å². The van der Waals surface area contributed by atoms with Crippen LogP contribution in [0.5, 0.6) is 0 Å². The van der Waals surface area contributed by atoms with Crippen molar-refractivity contribution in [2.75, 3.05) is 19.7 Å². The van der Waals surface area contributed by atoms with Gasteiger partial charge in [0, 0.05) is 25.4 Å². The van der Waals surface area contributed by atoms with Gasteiger partial charge in [-0.05, 0) is 45.2 Å². The number of carbonyl (C=O) groups excluding carboxylic acids is 1. The van der Waals surface area contributed by atoms with Crippen LogP contribution < -0.4 is 0 Å². The van der Waals surface area contributed by atoms with Crippen LogP contribution in [0.4, 0.5) is 0 Å². The number of rotatable bonds is 4. The molecule has 4 heteroatoms. The Balaban J connectivity index is 2.02. The zero-order chi connectivity index (χ0) is 13.7. The van der Waals surface area contributed by atoms with E-state index >= 15 is 0 Å². The predicted molar refractivity (Wildman–Crippen MR) is 74.1 cm³/mol. The number of hydrogen-bond acceptors (Lipinski definition) is 3. The number of nitrogens with zero attached hydrogens (tertiary/aromatic N) is 2. The highest BCUT2D eigenvalue weighted by Crippen LogP contribution is 2.15. The lowest BCUT2D eigenvalue weighted by Gasteiger charge is -2.29. The SMILES string of the molecule is CCN(CC1CCCCO1)C(=O)c1cccc(C)n1. The van der Waals surface area contributed by atoms with Crippen LogP contribution in [0.1, 0.15) is 42.4 Å². The van der Waals surface area contributed by atoms with Crippen LogP contribution in [-0.2, 0) is 4.74 Å². The fourth-order valence-corrected chi connectivity index (χ4v) is 2.38.